The summed E-state index contributed by atoms with van der Waals surface area (Å²) >= 11 is 3.30. The average molecular weight is 422 g/mol. The van der Waals surface area contributed by atoms with Gasteiger partial charge in [0.1, 0.15) is 5.75 Å². The van der Waals surface area contributed by atoms with E-state index >= 15 is 0 Å². The summed E-state index contributed by atoms with van der Waals surface area (Å²) in [6.45, 7) is 2.58. The molecule has 0 aliphatic heterocycles. The van der Waals surface area contributed by atoms with E-state index in [1.54, 1.807) is 22.7 Å². The summed E-state index contributed by atoms with van der Waals surface area (Å²) < 4.78 is 8.08. The van der Waals surface area contributed by atoms with Gasteiger partial charge in [0, 0.05) is 35.1 Å². The van der Waals surface area contributed by atoms with Crippen LogP contribution in [0, 0.1) is 6.92 Å². The fraction of sp³-hybridized carbons (Fsp3) is 0.182. The second-order valence-electron chi connectivity index (χ2n) is 6.87. The summed E-state index contributed by atoms with van der Waals surface area (Å²) in [6.07, 6.45) is 2.78. The molecule has 2 N–H and O–H groups in total. The summed E-state index contributed by atoms with van der Waals surface area (Å²) in [5.41, 5.74) is 3.34. The molecule has 5 rings (SSSR count). The van der Waals surface area contributed by atoms with E-state index in [4.69, 9.17) is 4.74 Å². The van der Waals surface area contributed by atoms with Gasteiger partial charge in [0.05, 0.1) is 19.9 Å². The van der Waals surface area contributed by atoms with Crippen molar-refractivity contribution >= 4 is 59.8 Å². The maximum absolute atomic E-state index is 12.3. The molecule has 0 spiro atoms. The van der Waals surface area contributed by atoms with Crippen molar-refractivity contribution in [2.45, 2.75) is 13.3 Å². The Morgan fingerprint density at radius 3 is 3.07 bits per heavy atom. The molecule has 7 heteroatoms. The summed E-state index contributed by atoms with van der Waals surface area (Å²) in [5, 5.41) is 8.23. The van der Waals surface area contributed by atoms with E-state index in [9.17, 15) is 4.79 Å². The van der Waals surface area contributed by atoms with Gasteiger partial charge in [-0.3, -0.25) is 4.79 Å². The third kappa shape index (κ3) is 3.47. The van der Waals surface area contributed by atoms with Crippen molar-refractivity contribution in [1.82, 2.24) is 15.3 Å². The number of fused-ring (bicyclic) bond motifs is 4. The first kappa shape index (κ1) is 18.1. The number of aryl methyl sites for hydroxylation is 1. The van der Waals surface area contributed by atoms with E-state index < -0.39 is 0 Å². The Balaban J connectivity index is 1.23. The van der Waals surface area contributed by atoms with Gasteiger partial charge >= 0.3 is 0 Å². The molecule has 29 heavy (non-hydrogen) atoms. The number of nitrogens with zero attached hydrogens (tertiary/aromatic N) is 1. The minimum Gasteiger partial charge on any atom is -0.483 e. The van der Waals surface area contributed by atoms with Gasteiger partial charge in [-0.25, -0.2) is 4.98 Å². The number of carbonyl (C=O) groups excluding carboxylic acids is 1. The Hall–Kier alpha value is -2.90. The fourth-order valence-corrected chi connectivity index (χ4v) is 5.41. The molecule has 1 amide bonds. The zero-order valence-corrected chi connectivity index (χ0v) is 17.5. The Bertz CT molecular complexity index is 1330. The van der Waals surface area contributed by atoms with Crippen molar-refractivity contribution in [2.75, 3.05) is 13.2 Å². The molecule has 5 nitrogen and oxygen atoms in total. The largest absolute Gasteiger partial charge is 0.483 e. The molecule has 0 saturated carbocycles. The van der Waals surface area contributed by atoms with Crippen LogP contribution in [0.25, 0.3) is 31.2 Å². The van der Waals surface area contributed by atoms with Gasteiger partial charge in [0.15, 0.2) is 6.61 Å². The molecule has 0 saturated heterocycles. The highest BCUT2D eigenvalue weighted by molar-refractivity contribution is 7.21. The van der Waals surface area contributed by atoms with E-state index in [1.165, 1.54) is 10.9 Å². The lowest BCUT2D eigenvalue weighted by atomic mass is 10.1. The molecule has 0 unspecified atom stereocenters. The zero-order chi connectivity index (χ0) is 19.8. The van der Waals surface area contributed by atoms with E-state index in [2.05, 4.69) is 27.4 Å². The molecule has 5 aromatic rings. The first-order chi connectivity index (χ1) is 14.2. The molecule has 2 aromatic carbocycles. The number of ether oxygens (including phenoxy) is 1. The Morgan fingerprint density at radius 1 is 1.24 bits per heavy atom. The van der Waals surface area contributed by atoms with E-state index in [1.807, 2.05) is 42.8 Å². The predicted octanol–water partition coefficient (Wildman–Crippen LogP) is 5.04. The SMILES string of the molecule is Cc1nc2c(cc(OCC(=O)NCCc3c[nH]c4ccccc34)c3ccsc32)s1. The van der Waals surface area contributed by atoms with Crippen LogP contribution < -0.4 is 10.1 Å². The summed E-state index contributed by atoms with van der Waals surface area (Å²) in [6, 6.07) is 12.2. The highest BCUT2D eigenvalue weighted by atomic mass is 32.1. The lowest BCUT2D eigenvalue weighted by Gasteiger charge is -2.09. The normalized spacial score (nSPS) is 11.5. The van der Waals surface area contributed by atoms with Crippen LogP contribution in [0.2, 0.25) is 0 Å². The second-order valence-corrected chi connectivity index (χ2v) is 9.02. The van der Waals surface area contributed by atoms with Crippen LogP contribution in [0.5, 0.6) is 5.75 Å². The number of hydrogen-bond donors (Lipinski definition) is 2. The van der Waals surface area contributed by atoms with Gasteiger partial charge in [0.2, 0.25) is 0 Å². The molecular formula is C22H19N3O2S2. The minimum atomic E-state index is -0.117. The van der Waals surface area contributed by atoms with Crippen LogP contribution in [-0.2, 0) is 11.2 Å². The number of aromatic nitrogens is 2. The van der Waals surface area contributed by atoms with Crippen molar-refractivity contribution in [2.24, 2.45) is 0 Å². The standard InChI is InChI=1S/C22H19N3O2S2/c1-13-25-21-19(29-13)10-18(16-7-9-28-22(16)21)27-12-20(26)23-8-6-14-11-24-17-5-3-2-4-15(14)17/h2-5,7,9-11,24H,6,8,12H2,1H3,(H,23,26). The predicted molar refractivity (Wildman–Crippen MR) is 120 cm³/mol. The Kier molecular flexibility index (Phi) is 4.69. The maximum Gasteiger partial charge on any atom is 0.257 e. The maximum atomic E-state index is 12.3. The van der Waals surface area contributed by atoms with E-state index in [0.717, 1.165) is 43.0 Å². The summed E-state index contributed by atoms with van der Waals surface area (Å²) in [4.78, 5) is 20.2. The van der Waals surface area contributed by atoms with Crippen LogP contribution >= 0.6 is 22.7 Å². The van der Waals surface area contributed by atoms with E-state index in [-0.39, 0.29) is 12.5 Å². The molecule has 146 valence electrons. The molecule has 0 aliphatic rings. The Morgan fingerprint density at radius 2 is 2.14 bits per heavy atom. The number of para-hydroxylation sites is 1. The van der Waals surface area contributed by atoms with Gasteiger partial charge in [-0.15, -0.1) is 22.7 Å². The van der Waals surface area contributed by atoms with Gasteiger partial charge in [-0.05, 0) is 36.4 Å². The average Bonchev–Trinajstić information content (AvgIpc) is 3.43. The molecule has 0 radical (unpaired) electrons. The number of nitrogens with one attached hydrogen (secondary N) is 2. The van der Waals surface area contributed by atoms with Crippen LogP contribution in [0.15, 0.2) is 48.0 Å². The summed E-state index contributed by atoms with van der Waals surface area (Å²) in [5.74, 6) is 0.623. The zero-order valence-electron chi connectivity index (χ0n) is 15.8. The topological polar surface area (TPSA) is 67.0 Å². The number of rotatable bonds is 6. The summed E-state index contributed by atoms with van der Waals surface area (Å²) in [7, 11) is 0. The van der Waals surface area contributed by atoms with Gasteiger partial charge in [-0.1, -0.05) is 18.2 Å². The number of thiazole rings is 1. The van der Waals surface area contributed by atoms with Crippen LogP contribution in [0.1, 0.15) is 10.6 Å². The van der Waals surface area contributed by atoms with Crippen molar-refractivity contribution in [3.63, 3.8) is 0 Å². The number of aromatic amines is 1. The second kappa shape index (κ2) is 7.50. The number of carbonyl (C=O) groups is 1. The third-order valence-electron chi connectivity index (χ3n) is 4.92. The number of H-pyrrole nitrogens is 1. The molecule has 0 aliphatic carbocycles. The lowest BCUT2D eigenvalue weighted by Crippen LogP contribution is -2.30. The smallest absolute Gasteiger partial charge is 0.257 e. The van der Waals surface area contributed by atoms with Crippen molar-refractivity contribution in [1.29, 1.82) is 0 Å². The molecule has 0 fully saturated rings. The van der Waals surface area contributed by atoms with Gasteiger partial charge in [0.25, 0.3) is 5.91 Å². The van der Waals surface area contributed by atoms with Crippen molar-refractivity contribution < 1.29 is 9.53 Å². The minimum absolute atomic E-state index is 0.00211. The monoisotopic (exact) mass is 421 g/mol. The lowest BCUT2D eigenvalue weighted by molar-refractivity contribution is -0.123. The van der Waals surface area contributed by atoms with Crippen LogP contribution in [0.3, 0.4) is 0 Å². The van der Waals surface area contributed by atoms with Gasteiger partial charge < -0.3 is 15.0 Å². The first-order valence-corrected chi connectivity index (χ1v) is 11.1. The van der Waals surface area contributed by atoms with Crippen LogP contribution in [0.4, 0.5) is 0 Å². The quantitative estimate of drug-likeness (QED) is 0.404. The van der Waals surface area contributed by atoms with Crippen molar-refractivity contribution in [3.05, 3.63) is 58.5 Å². The molecule has 3 heterocycles. The molecule has 0 atom stereocenters. The number of hydrogen-bond acceptors (Lipinski definition) is 5. The highest BCUT2D eigenvalue weighted by Crippen LogP contribution is 2.38. The van der Waals surface area contributed by atoms with E-state index in [0.29, 0.717) is 6.54 Å². The highest BCUT2D eigenvalue weighted by Gasteiger charge is 2.13. The third-order valence-corrected chi connectivity index (χ3v) is 6.76. The van der Waals surface area contributed by atoms with Crippen molar-refractivity contribution in [3.8, 4) is 5.75 Å². The Labute approximate surface area is 175 Å². The van der Waals surface area contributed by atoms with Gasteiger partial charge in [-0.2, -0.15) is 0 Å². The molecular weight excluding hydrogens is 402 g/mol. The molecule has 0 bridgehead atoms. The van der Waals surface area contributed by atoms with Crippen LogP contribution in [-0.4, -0.2) is 29.0 Å². The number of amides is 1. The number of thiophene rings is 1. The fourth-order valence-electron chi connectivity index (χ4n) is 3.58. The molecule has 3 aromatic heterocycles. The number of benzene rings is 2. The first-order valence-electron chi connectivity index (χ1n) is 9.41.